The van der Waals surface area contributed by atoms with Crippen molar-refractivity contribution < 1.29 is 9.26 Å². The van der Waals surface area contributed by atoms with Gasteiger partial charge in [-0.2, -0.15) is 4.98 Å². The van der Waals surface area contributed by atoms with Gasteiger partial charge in [0.1, 0.15) is 17.7 Å². The minimum absolute atomic E-state index is 0.105. The number of aryl methyl sites for hydroxylation is 1. The Balaban J connectivity index is 1.53. The normalized spacial score (nSPS) is 17.2. The van der Waals surface area contributed by atoms with Crippen molar-refractivity contribution in [3.63, 3.8) is 0 Å². The van der Waals surface area contributed by atoms with Crippen LogP contribution in [0.3, 0.4) is 0 Å². The van der Waals surface area contributed by atoms with E-state index in [9.17, 15) is 0 Å². The monoisotopic (exact) mass is 323 g/mol. The molecule has 1 aliphatic rings. The van der Waals surface area contributed by atoms with Crippen LogP contribution in [0, 0.1) is 6.92 Å². The molecule has 0 aliphatic carbocycles. The molecule has 1 atom stereocenters. The van der Waals surface area contributed by atoms with E-state index in [-0.39, 0.29) is 6.10 Å². The quantitative estimate of drug-likeness (QED) is 0.730. The number of hydrogen-bond acceptors (Lipinski definition) is 7. The Morgan fingerprint density at radius 2 is 2.17 bits per heavy atom. The topological polar surface area (TPSA) is 77.2 Å². The van der Waals surface area contributed by atoms with Crippen molar-refractivity contribution in [2.24, 2.45) is 0 Å². The van der Waals surface area contributed by atoms with E-state index < -0.39 is 0 Å². The van der Waals surface area contributed by atoms with E-state index in [0.29, 0.717) is 11.7 Å². The van der Waals surface area contributed by atoms with Crippen molar-refractivity contribution in [3.8, 4) is 17.2 Å². The van der Waals surface area contributed by atoms with Crippen molar-refractivity contribution in [1.29, 1.82) is 0 Å². The molecule has 1 saturated heterocycles. The van der Waals surface area contributed by atoms with Gasteiger partial charge >= 0.3 is 0 Å². The second-order valence-electron chi connectivity index (χ2n) is 5.68. The molecule has 122 valence electrons. The van der Waals surface area contributed by atoms with Gasteiger partial charge in [-0.1, -0.05) is 5.16 Å². The number of anilines is 1. The predicted molar refractivity (Wildman–Crippen MR) is 87.7 cm³/mol. The Morgan fingerprint density at radius 3 is 2.96 bits per heavy atom. The Kier molecular flexibility index (Phi) is 3.82. The van der Waals surface area contributed by atoms with Gasteiger partial charge in [0.2, 0.25) is 0 Å². The fraction of sp³-hybridized carbons (Fsp3) is 0.294. The van der Waals surface area contributed by atoms with Crippen molar-refractivity contribution in [2.45, 2.75) is 19.4 Å². The molecule has 0 aromatic carbocycles. The number of pyridine rings is 2. The van der Waals surface area contributed by atoms with E-state index in [1.807, 2.05) is 24.3 Å². The Morgan fingerprint density at radius 1 is 1.25 bits per heavy atom. The van der Waals surface area contributed by atoms with Crippen LogP contribution in [-0.4, -0.2) is 39.3 Å². The first-order chi connectivity index (χ1) is 11.8. The Labute approximate surface area is 139 Å². The average molecular weight is 323 g/mol. The number of nitrogens with zero attached hydrogens (tertiary/aromatic N) is 5. The first kappa shape index (κ1) is 14.6. The van der Waals surface area contributed by atoms with Gasteiger partial charge in [0.15, 0.2) is 5.82 Å². The molecule has 0 amide bonds. The van der Waals surface area contributed by atoms with Crippen LogP contribution in [0.2, 0.25) is 0 Å². The maximum atomic E-state index is 5.99. The van der Waals surface area contributed by atoms with E-state index in [1.54, 1.807) is 25.5 Å². The van der Waals surface area contributed by atoms with E-state index in [1.165, 1.54) is 0 Å². The van der Waals surface area contributed by atoms with Crippen molar-refractivity contribution in [2.75, 3.05) is 18.0 Å². The van der Waals surface area contributed by atoms with Gasteiger partial charge in [0.25, 0.3) is 5.89 Å². The number of aromatic nitrogens is 4. The molecule has 4 rings (SSSR count). The van der Waals surface area contributed by atoms with Gasteiger partial charge < -0.3 is 14.2 Å². The first-order valence-electron chi connectivity index (χ1n) is 7.87. The van der Waals surface area contributed by atoms with Gasteiger partial charge in [0, 0.05) is 25.4 Å². The van der Waals surface area contributed by atoms with E-state index in [0.717, 1.165) is 36.6 Å². The summed E-state index contributed by atoms with van der Waals surface area (Å²) >= 11 is 0. The summed E-state index contributed by atoms with van der Waals surface area (Å²) in [6, 6.07) is 7.61. The minimum atomic E-state index is 0.105. The standard InChI is InChI=1S/C17H17N5O2/c1-12-20-17(24-21-12)15-5-3-8-19-16(15)22-9-6-14(11-22)23-13-4-2-7-18-10-13/h2-5,7-8,10,14H,6,9,11H2,1H3/t14-/m0/s1. The van der Waals surface area contributed by atoms with Crippen molar-refractivity contribution >= 4 is 5.82 Å². The molecule has 4 heterocycles. The molecule has 0 saturated carbocycles. The molecule has 0 spiro atoms. The highest BCUT2D eigenvalue weighted by molar-refractivity contribution is 5.70. The first-order valence-corrected chi connectivity index (χ1v) is 7.87. The van der Waals surface area contributed by atoms with Crippen LogP contribution >= 0.6 is 0 Å². The molecule has 0 unspecified atom stereocenters. The summed E-state index contributed by atoms with van der Waals surface area (Å²) in [6.45, 7) is 3.42. The lowest BCUT2D eigenvalue weighted by molar-refractivity contribution is 0.224. The SMILES string of the molecule is Cc1noc(-c2cccnc2N2CC[C@H](Oc3cccnc3)C2)n1. The van der Waals surface area contributed by atoms with Crippen LogP contribution < -0.4 is 9.64 Å². The highest BCUT2D eigenvalue weighted by Crippen LogP contribution is 2.30. The lowest BCUT2D eigenvalue weighted by Gasteiger charge is -2.19. The van der Waals surface area contributed by atoms with Crippen LogP contribution in [0.15, 0.2) is 47.4 Å². The fourth-order valence-corrected chi connectivity index (χ4v) is 2.85. The summed E-state index contributed by atoms with van der Waals surface area (Å²) in [5.74, 6) is 2.74. The summed E-state index contributed by atoms with van der Waals surface area (Å²) in [7, 11) is 0. The maximum absolute atomic E-state index is 5.99. The van der Waals surface area contributed by atoms with Gasteiger partial charge in [0.05, 0.1) is 18.3 Å². The average Bonchev–Trinajstić information content (AvgIpc) is 3.25. The van der Waals surface area contributed by atoms with Gasteiger partial charge in [-0.25, -0.2) is 4.98 Å². The number of ether oxygens (including phenoxy) is 1. The molecule has 3 aromatic rings. The molecule has 7 heteroatoms. The Hall–Kier alpha value is -2.96. The van der Waals surface area contributed by atoms with Crippen molar-refractivity contribution in [1.82, 2.24) is 20.1 Å². The molecule has 0 N–H and O–H groups in total. The lowest BCUT2D eigenvalue weighted by Crippen LogP contribution is -2.25. The summed E-state index contributed by atoms with van der Waals surface area (Å²) in [4.78, 5) is 15.1. The van der Waals surface area contributed by atoms with E-state index in [4.69, 9.17) is 9.26 Å². The highest BCUT2D eigenvalue weighted by atomic mass is 16.5. The minimum Gasteiger partial charge on any atom is -0.487 e. The third-order valence-corrected chi connectivity index (χ3v) is 3.93. The fourth-order valence-electron chi connectivity index (χ4n) is 2.85. The zero-order valence-electron chi connectivity index (χ0n) is 13.3. The summed E-state index contributed by atoms with van der Waals surface area (Å²) in [6.07, 6.45) is 6.27. The third kappa shape index (κ3) is 2.92. The van der Waals surface area contributed by atoms with Gasteiger partial charge in [-0.3, -0.25) is 4.98 Å². The molecule has 24 heavy (non-hydrogen) atoms. The second kappa shape index (κ2) is 6.27. The zero-order valence-corrected chi connectivity index (χ0v) is 13.3. The zero-order chi connectivity index (χ0) is 16.4. The number of rotatable bonds is 4. The molecule has 3 aromatic heterocycles. The highest BCUT2D eigenvalue weighted by Gasteiger charge is 2.28. The van der Waals surface area contributed by atoms with Crippen LogP contribution in [0.1, 0.15) is 12.2 Å². The summed E-state index contributed by atoms with van der Waals surface area (Å²) < 4.78 is 11.3. The third-order valence-electron chi connectivity index (χ3n) is 3.93. The summed E-state index contributed by atoms with van der Waals surface area (Å²) in [5.41, 5.74) is 0.847. The largest absolute Gasteiger partial charge is 0.487 e. The van der Waals surface area contributed by atoms with Gasteiger partial charge in [-0.15, -0.1) is 0 Å². The molecular formula is C17H17N5O2. The lowest BCUT2D eigenvalue weighted by atomic mass is 10.2. The molecule has 0 radical (unpaired) electrons. The van der Waals surface area contributed by atoms with E-state index in [2.05, 4.69) is 25.0 Å². The van der Waals surface area contributed by atoms with Crippen LogP contribution in [0.4, 0.5) is 5.82 Å². The second-order valence-corrected chi connectivity index (χ2v) is 5.68. The smallest absolute Gasteiger partial charge is 0.261 e. The predicted octanol–water partition coefficient (Wildman–Crippen LogP) is 2.49. The molecule has 1 fully saturated rings. The molecular weight excluding hydrogens is 306 g/mol. The number of hydrogen-bond donors (Lipinski definition) is 0. The maximum Gasteiger partial charge on any atom is 0.261 e. The molecule has 7 nitrogen and oxygen atoms in total. The molecule has 1 aliphatic heterocycles. The van der Waals surface area contributed by atoms with Crippen LogP contribution in [-0.2, 0) is 0 Å². The van der Waals surface area contributed by atoms with Crippen LogP contribution in [0.25, 0.3) is 11.5 Å². The van der Waals surface area contributed by atoms with E-state index >= 15 is 0 Å². The Bertz CT molecular complexity index is 821. The molecule has 0 bridgehead atoms. The summed E-state index contributed by atoms with van der Waals surface area (Å²) in [5, 5.41) is 3.87. The van der Waals surface area contributed by atoms with Gasteiger partial charge in [-0.05, 0) is 31.2 Å². The van der Waals surface area contributed by atoms with Crippen molar-refractivity contribution in [3.05, 3.63) is 48.7 Å². The van der Waals surface area contributed by atoms with Crippen LogP contribution in [0.5, 0.6) is 5.75 Å².